The first-order valence-electron chi connectivity index (χ1n) is 11.2. The van der Waals surface area contributed by atoms with Crippen molar-refractivity contribution in [2.45, 2.75) is 32.6 Å². The molecule has 2 N–H and O–H groups in total. The fourth-order valence-corrected chi connectivity index (χ4v) is 3.51. The Kier molecular flexibility index (Phi) is 6.77. The van der Waals surface area contributed by atoms with Crippen LogP contribution in [0.15, 0.2) is 59.0 Å². The first kappa shape index (κ1) is 23.9. The van der Waals surface area contributed by atoms with E-state index in [9.17, 15) is 9.90 Å². The van der Waals surface area contributed by atoms with Crippen molar-refractivity contribution in [3.63, 3.8) is 0 Å². The lowest BCUT2D eigenvalue weighted by Crippen LogP contribution is -2.28. The lowest BCUT2D eigenvalue weighted by molar-refractivity contribution is -0.142. The summed E-state index contributed by atoms with van der Waals surface area (Å²) in [5, 5.41) is 20.8. The van der Waals surface area contributed by atoms with Crippen LogP contribution in [0.2, 0.25) is 0 Å². The third-order valence-corrected chi connectivity index (χ3v) is 5.75. The van der Waals surface area contributed by atoms with Crippen molar-refractivity contribution in [1.29, 1.82) is 0 Å². The number of aliphatic carboxylic acids is 1. The second kappa shape index (κ2) is 9.92. The Morgan fingerprint density at radius 2 is 1.83 bits per heavy atom. The quantitative estimate of drug-likeness (QED) is 0.361. The molecule has 4 rings (SSSR count). The van der Waals surface area contributed by atoms with Gasteiger partial charge in [-0.05, 0) is 49.6 Å². The van der Waals surface area contributed by atoms with E-state index in [2.05, 4.69) is 25.5 Å². The maximum Gasteiger partial charge on any atom is 0.318 e. The van der Waals surface area contributed by atoms with Crippen LogP contribution in [0, 0.1) is 6.92 Å². The molecule has 2 heterocycles. The minimum atomic E-state index is -1.02. The van der Waals surface area contributed by atoms with Gasteiger partial charge < -0.3 is 19.6 Å². The highest BCUT2D eigenvalue weighted by Gasteiger charge is 2.29. The Morgan fingerprint density at radius 1 is 1.06 bits per heavy atom. The maximum absolute atomic E-state index is 11.7. The van der Waals surface area contributed by atoms with Gasteiger partial charge in [0.2, 0.25) is 11.8 Å². The fraction of sp³-hybridized carbons (Fsp3) is 0.269. The molecule has 9 nitrogen and oxygen atoms in total. The van der Waals surface area contributed by atoms with Crippen LogP contribution in [-0.4, -0.2) is 44.9 Å². The van der Waals surface area contributed by atoms with Crippen LogP contribution in [0.1, 0.15) is 30.9 Å². The Bertz CT molecular complexity index is 1330. The third-order valence-electron chi connectivity index (χ3n) is 5.75. The van der Waals surface area contributed by atoms with Gasteiger partial charge in [0.05, 0.1) is 18.2 Å². The summed E-state index contributed by atoms with van der Waals surface area (Å²) in [6.45, 7) is 5.76. The van der Waals surface area contributed by atoms with Crippen molar-refractivity contribution >= 4 is 11.8 Å². The summed E-state index contributed by atoms with van der Waals surface area (Å²) < 4.78 is 10.8. The largest absolute Gasteiger partial charge is 0.481 e. The average Bonchev–Trinajstić information content (AvgIpc) is 3.30. The van der Waals surface area contributed by atoms with Gasteiger partial charge in [-0.1, -0.05) is 30.3 Å². The Labute approximate surface area is 203 Å². The van der Waals surface area contributed by atoms with Crippen molar-refractivity contribution in [3.8, 4) is 28.7 Å². The first-order chi connectivity index (χ1) is 16.8. The van der Waals surface area contributed by atoms with Crippen molar-refractivity contribution in [1.82, 2.24) is 20.2 Å². The molecule has 9 heteroatoms. The monoisotopic (exact) mass is 473 g/mol. The molecule has 0 aliphatic rings. The standard InChI is InChI=1S/C26H27N5O4/c1-16-30-31-23(35-16)18-10-8-17(9-11-18)12-13-27-22-15-21(28-25(29-22)34-4)19-6-5-7-20(14-19)26(2,3)24(32)33/h5-11,14-15H,12-13H2,1-4H3,(H,32,33)(H,27,28,29). The van der Waals surface area contributed by atoms with E-state index in [4.69, 9.17) is 9.15 Å². The van der Waals surface area contributed by atoms with Gasteiger partial charge in [-0.25, -0.2) is 0 Å². The van der Waals surface area contributed by atoms with Crippen LogP contribution in [0.25, 0.3) is 22.7 Å². The number of carboxylic acid groups (broad SMARTS) is 1. The molecule has 0 aliphatic heterocycles. The van der Waals surface area contributed by atoms with Gasteiger partial charge in [0.1, 0.15) is 5.82 Å². The predicted molar refractivity (Wildman–Crippen MR) is 131 cm³/mol. The predicted octanol–water partition coefficient (Wildman–Crippen LogP) is 4.53. The van der Waals surface area contributed by atoms with Crippen LogP contribution in [0.3, 0.4) is 0 Å². The zero-order valence-electron chi connectivity index (χ0n) is 20.1. The molecule has 180 valence electrons. The number of carboxylic acids is 1. The number of anilines is 1. The molecule has 0 fully saturated rings. The molecule has 0 saturated heterocycles. The fourth-order valence-electron chi connectivity index (χ4n) is 3.51. The van der Waals surface area contributed by atoms with Gasteiger partial charge in [0.15, 0.2) is 0 Å². The molecule has 0 aliphatic carbocycles. The molecule has 35 heavy (non-hydrogen) atoms. The Balaban J connectivity index is 1.47. The smallest absolute Gasteiger partial charge is 0.318 e. The lowest BCUT2D eigenvalue weighted by atomic mass is 9.84. The van der Waals surface area contributed by atoms with E-state index in [0.29, 0.717) is 35.4 Å². The second-order valence-electron chi connectivity index (χ2n) is 8.64. The number of hydrogen-bond donors (Lipinski definition) is 2. The number of benzene rings is 2. The van der Waals surface area contributed by atoms with E-state index in [0.717, 1.165) is 23.1 Å². The van der Waals surface area contributed by atoms with Crippen molar-refractivity contribution in [2.75, 3.05) is 19.0 Å². The number of methoxy groups -OCH3 is 1. The first-order valence-corrected chi connectivity index (χ1v) is 11.2. The highest BCUT2D eigenvalue weighted by Crippen LogP contribution is 2.29. The lowest BCUT2D eigenvalue weighted by Gasteiger charge is -2.20. The van der Waals surface area contributed by atoms with Gasteiger partial charge >= 0.3 is 12.0 Å². The minimum absolute atomic E-state index is 0.229. The maximum atomic E-state index is 11.7. The minimum Gasteiger partial charge on any atom is -0.481 e. The zero-order valence-corrected chi connectivity index (χ0v) is 20.1. The van der Waals surface area contributed by atoms with E-state index < -0.39 is 11.4 Å². The van der Waals surface area contributed by atoms with Crippen LogP contribution in [0.4, 0.5) is 5.82 Å². The van der Waals surface area contributed by atoms with Crippen LogP contribution in [-0.2, 0) is 16.6 Å². The summed E-state index contributed by atoms with van der Waals surface area (Å²) in [7, 11) is 1.51. The molecule has 0 bridgehead atoms. The SMILES string of the molecule is COc1nc(NCCc2ccc(-c3nnc(C)o3)cc2)cc(-c2cccc(C(C)(C)C(=O)O)c2)n1. The number of carbonyl (C=O) groups is 1. The molecular formula is C26H27N5O4. The molecule has 0 amide bonds. The normalized spacial score (nSPS) is 11.3. The summed E-state index contributed by atoms with van der Waals surface area (Å²) in [6, 6.07) is 17.4. The molecule has 0 saturated carbocycles. The number of aromatic nitrogens is 4. The molecule has 0 radical (unpaired) electrons. The van der Waals surface area contributed by atoms with E-state index >= 15 is 0 Å². The molecule has 4 aromatic rings. The zero-order chi connectivity index (χ0) is 25.0. The molecular weight excluding hydrogens is 446 g/mol. The summed E-state index contributed by atoms with van der Waals surface area (Å²) in [5.41, 5.74) is 3.11. The number of rotatable bonds is 9. The van der Waals surface area contributed by atoms with Gasteiger partial charge in [0.25, 0.3) is 0 Å². The molecule has 0 unspecified atom stereocenters. The van der Waals surface area contributed by atoms with E-state index in [1.807, 2.05) is 48.5 Å². The molecule has 0 spiro atoms. The number of hydrogen-bond acceptors (Lipinski definition) is 8. The number of ether oxygens (including phenoxy) is 1. The van der Waals surface area contributed by atoms with E-state index in [-0.39, 0.29) is 6.01 Å². The molecule has 2 aromatic carbocycles. The van der Waals surface area contributed by atoms with Crippen molar-refractivity contribution in [3.05, 3.63) is 71.6 Å². The van der Waals surface area contributed by atoms with Crippen molar-refractivity contribution < 1.29 is 19.1 Å². The van der Waals surface area contributed by atoms with Gasteiger partial charge in [0, 0.05) is 30.7 Å². The Hall–Kier alpha value is -4.27. The van der Waals surface area contributed by atoms with Crippen LogP contribution >= 0.6 is 0 Å². The second-order valence-corrected chi connectivity index (χ2v) is 8.64. The summed E-state index contributed by atoms with van der Waals surface area (Å²) >= 11 is 0. The highest BCUT2D eigenvalue weighted by atomic mass is 16.5. The van der Waals surface area contributed by atoms with Gasteiger partial charge in [-0.2, -0.15) is 9.97 Å². The number of aryl methyl sites for hydroxylation is 1. The third kappa shape index (κ3) is 5.46. The summed E-state index contributed by atoms with van der Waals surface area (Å²) in [6.07, 6.45) is 0.771. The van der Waals surface area contributed by atoms with Gasteiger partial charge in [-0.15, -0.1) is 10.2 Å². The van der Waals surface area contributed by atoms with Crippen LogP contribution < -0.4 is 10.1 Å². The number of nitrogens with zero attached hydrogens (tertiary/aromatic N) is 4. The van der Waals surface area contributed by atoms with E-state index in [1.165, 1.54) is 7.11 Å². The average molecular weight is 474 g/mol. The number of nitrogens with one attached hydrogen (secondary N) is 1. The Morgan fingerprint density at radius 3 is 2.49 bits per heavy atom. The topological polar surface area (TPSA) is 123 Å². The van der Waals surface area contributed by atoms with Crippen molar-refractivity contribution in [2.24, 2.45) is 0 Å². The highest BCUT2D eigenvalue weighted by molar-refractivity contribution is 5.81. The van der Waals surface area contributed by atoms with Gasteiger partial charge in [-0.3, -0.25) is 4.79 Å². The summed E-state index contributed by atoms with van der Waals surface area (Å²) in [4.78, 5) is 20.5. The molecule has 2 aromatic heterocycles. The van der Waals surface area contributed by atoms with Crippen LogP contribution in [0.5, 0.6) is 6.01 Å². The summed E-state index contributed by atoms with van der Waals surface area (Å²) in [5.74, 6) is 0.763. The van der Waals surface area contributed by atoms with E-state index in [1.54, 1.807) is 26.8 Å². The molecule has 0 atom stereocenters.